The summed E-state index contributed by atoms with van der Waals surface area (Å²) in [6.45, 7) is 1.84. The zero-order valence-electron chi connectivity index (χ0n) is 21.1. The summed E-state index contributed by atoms with van der Waals surface area (Å²) in [6.07, 6.45) is 4.77. The van der Waals surface area contributed by atoms with Crippen LogP contribution in [0.3, 0.4) is 0 Å². The van der Waals surface area contributed by atoms with Crippen LogP contribution in [0.15, 0.2) is 79.3 Å². The summed E-state index contributed by atoms with van der Waals surface area (Å²) in [5, 5.41) is 6.62. The van der Waals surface area contributed by atoms with Gasteiger partial charge in [-0.05, 0) is 46.9 Å². The fraction of sp³-hybridized carbons (Fsp3) is 0.300. The number of carbonyl (C=O) groups is 2. The number of carbonyl (C=O) groups excluding carboxylic acids is 2. The zero-order chi connectivity index (χ0) is 26.5. The second-order valence-electron chi connectivity index (χ2n) is 10.0. The minimum Gasteiger partial charge on any atom is -0.369 e. The average molecular weight is 530 g/mol. The summed E-state index contributed by atoms with van der Waals surface area (Å²) in [4.78, 5) is 35.8. The summed E-state index contributed by atoms with van der Waals surface area (Å²) in [5.41, 5.74) is 8.83. The van der Waals surface area contributed by atoms with Gasteiger partial charge in [-0.3, -0.25) is 9.59 Å². The molecule has 0 saturated carbocycles. The Bertz CT molecular complexity index is 1390. The lowest BCUT2D eigenvalue weighted by Gasteiger charge is -2.37. The molecule has 1 aromatic heterocycles. The number of aromatic nitrogens is 2. The highest BCUT2D eigenvalue weighted by Gasteiger charge is 2.37. The monoisotopic (exact) mass is 529 g/mol. The number of rotatable bonds is 9. The zero-order valence-corrected chi connectivity index (χ0v) is 21.9. The number of benzene rings is 3. The third-order valence-corrected chi connectivity index (χ3v) is 7.65. The van der Waals surface area contributed by atoms with Gasteiger partial charge in [0.05, 0.1) is 18.2 Å². The molecule has 0 bridgehead atoms. The van der Waals surface area contributed by atoms with Gasteiger partial charge in [-0.15, -0.1) is 0 Å². The van der Waals surface area contributed by atoms with Crippen LogP contribution < -0.4 is 11.1 Å². The van der Waals surface area contributed by atoms with E-state index in [4.69, 9.17) is 17.3 Å². The molecule has 4 N–H and O–H groups in total. The normalized spacial score (nSPS) is 17.3. The molecule has 1 aliphatic heterocycles. The number of nitrogens with two attached hydrogens (primary N) is 1. The minimum atomic E-state index is -0.674. The second kappa shape index (κ2) is 11.8. The maximum atomic E-state index is 14.1. The van der Waals surface area contributed by atoms with Crippen molar-refractivity contribution in [1.82, 2.24) is 20.2 Å². The number of nitrogens with zero attached hydrogens (tertiary/aromatic N) is 2. The molecule has 196 valence electrons. The maximum absolute atomic E-state index is 14.1. The molecule has 5 rings (SSSR count). The van der Waals surface area contributed by atoms with Gasteiger partial charge in [0.2, 0.25) is 11.8 Å². The molecule has 1 aliphatic rings. The Balaban J connectivity index is 1.35. The number of halogens is 1. The van der Waals surface area contributed by atoms with Crippen molar-refractivity contribution in [2.45, 2.75) is 25.3 Å². The molecule has 7 nitrogen and oxygen atoms in total. The number of hydrogen-bond donors (Lipinski definition) is 3. The molecule has 3 atom stereocenters. The Hall–Kier alpha value is -3.68. The first kappa shape index (κ1) is 25.9. The molecule has 0 aliphatic carbocycles. The average Bonchev–Trinajstić information content (AvgIpc) is 3.45. The molecule has 2 heterocycles. The number of piperazine rings is 1. The predicted molar refractivity (Wildman–Crippen MR) is 150 cm³/mol. The van der Waals surface area contributed by atoms with E-state index in [-0.39, 0.29) is 11.9 Å². The van der Waals surface area contributed by atoms with Crippen molar-refractivity contribution in [2.75, 3.05) is 19.6 Å². The van der Waals surface area contributed by atoms with Crippen LogP contribution in [0.1, 0.15) is 16.8 Å². The lowest BCUT2D eigenvalue weighted by atomic mass is 9.82. The number of nitrogens with one attached hydrogen (secondary N) is 2. The Morgan fingerprint density at radius 2 is 1.76 bits per heavy atom. The lowest BCUT2D eigenvalue weighted by molar-refractivity contribution is -0.142. The van der Waals surface area contributed by atoms with Gasteiger partial charge in [0.1, 0.15) is 0 Å². The van der Waals surface area contributed by atoms with E-state index in [0.29, 0.717) is 37.5 Å². The highest BCUT2D eigenvalue weighted by Crippen LogP contribution is 2.26. The highest BCUT2D eigenvalue weighted by atomic mass is 35.5. The van der Waals surface area contributed by atoms with Crippen molar-refractivity contribution < 1.29 is 9.59 Å². The van der Waals surface area contributed by atoms with Gasteiger partial charge in [-0.2, -0.15) is 0 Å². The standard InChI is InChI=1S/C30H32ClN5O2/c31-24-9-6-20(7-10-24)15-28(27(29(32)37)16-25-17-33-19-35-25)30(38)36-12-11-34-26(18-36)14-21-5-8-22-3-1-2-4-23(22)13-21/h1-10,13,17,19,26-28,34H,11-12,14-16,18H2,(H2,32,37)(H,33,35)/t26-,27?,28-/m1/s1. The van der Waals surface area contributed by atoms with Gasteiger partial charge in [-0.1, -0.05) is 66.2 Å². The molecule has 2 amide bonds. The van der Waals surface area contributed by atoms with E-state index in [1.54, 1.807) is 24.7 Å². The van der Waals surface area contributed by atoms with Gasteiger partial charge >= 0.3 is 0 Å². The molecular formula is C30H32ClN5O2. The highest BCUT2D eigenvalue weighted by molar-refractivity contribution is 6.30. The van der Waals surface area contributed by atoms with Gasteiger partial charge in [-0.25, -0.2) is 4.98 Å². The minimum absolute atomic E-state index is 0.0479. The van der Waals surface area contributed by atoms with Crippen LogP contribution in [0, 0.1) is 11.8 Å². The summed E-state index contributed by atoms with van der Waals surface area (Å²) < 4.78 is 0. The molecule has 0 radical (unpaired) electrons. The smallest absolute Gasteiger partial charge is 0.226 e. The van der Waals surface area contributed by atoms with Gasteiger partial charge in [0, 0.05) is 49.0 Å². The lowest BCUT2D eigenvalue weighted by Crippen LogP contribution is -2.56. The Labute approximate surface area is 227 Å². The van der Waals surface area contributed by atoms with Crippen LogP contribution >= 0.6 is 11.6 Å². The molecule has 8 heteroatoms. The predicted octanol–water partition coefficient (Wildman–Crippen LogP) is 3.76. The molecule has 1 unspecified atom stereocenters. The largest absolute Gasteiger partial charge is 0.369 e. The Kier molecular flexibility index (Phi) is 8.05. The van der Waals surface area contributed by atoms with E-state index in [0.717, 1.165) is 17.7 Å². The maximum Gasteiger partial charge on any atom is 0.226 e. The fourth-order valence-corrected chi connectivity index (χ4v) is 5.52. The van der Waals surface area contributed by atoms with Gasteiger partial charge in [0.15, 0.2) is 0 Å². The summed E-state index contributed by atoms with van der Waals surface area (Å²) in [5.74, 6) is -1.81. The number of amides is 2. The second-order valence-corrected chi connectivity index (χ2v) is 10.5. The number of primary amides is 1. The van der Waals surface area contributed by atoms with Crippen molar-refractivity contribution in [3.63, 3.8) is 0 Å². The first-order valence-corrected chi connectivity index (χ1v) is 13.3. The number of H-pyrrole nitrogens is 1. The topological polar surface area (TPSA) is 104 Å². The number of fused-ring (bicyclic) bond motifs is 1. The van der Waals surface area contributed by atoms with Crippen LogP contribution in [0.2, 0.25) is 5.02 Å². The van der Waals surface area contributed by atoms with Crippen molar-refractivity contribution in [1.29, 1.82) is 0 Å². The van der Waals surface area contributed by atoms with Gasteiger partial charge in [0.25, 0.3) is 0 Å². The summed E-state index contributed by atoms with van der Waals surface area (Å²) >= 11 is 6.09. The molecule has 3 aromatic carbocycles. The van der Waals surface area contributed by atoms with Crippen molar-refractivity contribution in [3.05, 3.63) is 101 Å². The van der Waals surface area contributed by atoms with Crippen LogP contribution in [-0.4, -0.2) is 52.4 Å². The SMILES string of the molecule is NC(=O)C(Cc1cnc[nH]1)[C@@H](Cc1ccc(Cl)cc1)C(=O)N1CCN[C@H](Cc2ccc3ccccc3c2)C1. The van der Waals surface area contributed by atoms with E-state index in [9.17, 15) is 9.59 Å². The van der Waals surface area contributed by atoms with Crippen molar-refractivity contribution >= 4 is 34.2 Å². The molecule has 4 aromatic rings. The van der Waals surface area contributed by atoms with E-state index >= 15 is 0 Å². The third kappa shape index (κ3) is 6.23. The fourth-order valence-electron chi connectivity index (χ4n) is 5.40. The van der Waals surface area contributed by atoms with E-state index in [1.807, 2.05) is 29.2 Å². The third-order valence-electron chi connectivity index (χ3n) is 7.40. The Morgan fingerprint density at radius 3 is 2.50 bits per heavy atom. The molecular weight excluding hydrogens is 498 g/mol. The van der Waals surface area contributed by atoms with E-state index in [1.165, 1.54) is 16.3 Å². The molecule has 1 fully saturated rings. The first-order chi connectivity index (χ1) is 18.5. The summed E-state index contributed by atoms with van der Waals surface area (Å²) in [7, 11) is 0. The Morgan fingerprint density at radius 1 is 1.00 bits per heavy atom. The van der Waals surface area contributed by atoms with Crippen LogP contribution in [0.25, 0.3) is 10.8 Å². The quantitative estimate of drug-likeness (QED) is 0.307. The van der Waals surface area contributed by atoms with Crippen molar-refractivity contribution in [3.8, 4) is 0 Å². The number of imidazole rings is 1. The van der Waals surface area contributed by atoms with Crippen LogP contribution in [0.5, 0.6) is 0 Å². The van der Waals surface area contributed by atoms with Crippen molar-refractivity contribution in [2.24, 2.45) is 17.6 Å². The molecule has 38 heavy (non-hydrogen) atoms. The van der Waals surface area contributed by atoms with Gasteiger partial charge < -0.3 is 20.9 Å². The molecule has 0 spiro atoms. The number of aromatic amines is 1. The molecule has 1 saturated heterocycles. The van der Waals surface area contributed by atoms with E-state index in [2.05, 4.69) is 45.6 Å². The summed E-state index contributed by atoms with van der Waals surface area (Å²) in [6, 6.07) is 22.4. The number of hydrogen-bond acceptors (Lipinski definition) is 4. The first-order valence-electron chi connectivity index (χ1n) is 13.0. The van der Waals surface area contributed by atoms with Crippen LogP contribution in [0.4, 0.5) is 0 Å². The van der Waals surface area contributed by atoms with Crippen LogP contribution in [-0.2, 0) is 28.9 Å². The van der Waals surface area contributed by atoms with E-state index < -0.39 is 17.7 Å².